The summed E-state index contributed by atoms with van der Waals surface area (Å²) < 4.78 is 10.9. The third-order valence-corrected chi connectivity index (χ3v) is 2.77. The van der Waals surface area contributed by atoms with Gasteiger partial charge in [0.25, 0.3) is 0 Å². The van der Waals surface area contributed by atoms with E-state index in [1.54, 1.807) is 6.07 Å². The SMILES string of the molecule is OCc1cc(OCCOc2ccccc2)ncc1Cl. The number of aromatic nitrogens is 1. The number of pyridine rings is 1. The van der Waals surface area contributed by atoms with Crippen LogP contribution in [0.1, 0.15) is 5.56 Å². The maximum atomic E-state index is 9.07. The van der Waals surface area contributed by atoms with Gasteiger partial charge in [-0.3, -0.25) is 0 Å². The number of aliphatic hydroxyl groups is 1. The Kier molecular flexibility index (Phi) is 5.01. The van der Waals surface area contributed by atoms with Crippen LogP contribution < -0.4 is 9.47 Å². The first kappa shape index (κ1) is 13.6. The van der Waals surface area contributed by atoms with Crippen LogP contribution in [-0.2, 0) is 6.61 Å². The average Bonchev–Trinajstić information content (AvgIpc) is 2.46. The Balaban J connectivity index is 1.80. The van der Waals surface area contributed by atoms with Gasteiger partial charge >= 0.3 is 0 Å². The highest BCUT2D eigenvalue weighted by atomic mass is 35.5. The summed E-state index contributed by atoms with van der Waals surface area (Å²) in [4.78, 5) is 4.01. The van der Waals surface area contributed by atoms with Crippen molar-refractivity contribution in [2.45, 2.75) is 6.61 Å². The molecule has 0 amide bonds. The Bertz CT molecular complexity index is 519. The van der Waals surface area contributed by atoms with E-state index in [-0.39, 0.29) is 6.61 Å². The van der Waals surface area contributed by atoms with Crippen molar-refractivity contribution in [3.8, 4) is 11.6 Å². The number of ether oxygens (including phenoxy) is 2. The van der Waals surface area contributed by atoms with E-state index in [4.69, 9.17) is 26.2 Å². The Morgan fingerprint density at radius 2 is 1.84 bits per heavy atom. The van der Waals surface area contributed by atoms with Gasteiger partial charge in [0.1, 0.15) is 19.0 Å². The second-order valence-corrected chi connectivity index (χ2v) is 4.19. The fourth-order valence-electron chi connectivity index (χ4n) is 1.48. The number of para-hydroxylation sites is 1. The van der Waals surface area contributed by atoms with Crippen molar-refractivity contribution in [2.24, 2.45) is 0 Å². The van der Waals surface area contributed by atoms with Crippen LogP contribution >= 0.6 is 11.6 Å². The molecule has 0 atom stereocenters. The predicted octanol–water partition coefficient (Wildman–Crippen LogP) is 2.69. The second-order valence-electron chi connectivity index (χ2n) is 3.78. The molecule has 0 aliphatic rings. The van der Waals surface area contributed by atoms with Crippen LogP contribution in [0.15, 0.2) is 42.6 Å². The van der Waals surface area contributed by atoms with Crippen molar-refractivity contribution >= 4 is 11.6 Å². The lowest BCUT2D eigenvalue weighted by molar-refractivity contribution is 0.211. The minimum atomic E-state index is -0.141. The van der Waals surface area contributed by atoms with Crippen molar-refractivity contribution in [3.63, 3.8) is 0 Å². The molecule has 0 unspecified atom stereocenters. The zero-order valence-electron chi connectivity index (χ0n) is 10.3. The Morgan fingerprint density at radius 1 is 1.11 bits per heavy atom. The quantitative estimate of drug-likeness (QED) is 0.826. The minimum Gasteiger partial charge on any atom is -0.490 e. The van der Waals surface area contributed by atoms with Gasteiger partial charge in [-0.1, -0.05) is 29.8 Å². The molecule has 1 aromatic heterocycles. The first-order valence-corrected chi connectivity index (χ1v) is 6.23. The third-order valence-electron chi connectivity index (χ3n) is 2.43. The number of aliphatic hydroxyl groups excluding tert-OH is 1. The van der Waals surface area contributed by atoms with Crippen LogP contribution in [0, 0.1) is 0 Å². The number of rotatable bonds is 6. The van der Waals surface area contributed by atoms with E-state index in [0.29, 0.717) is 29.7 Å². The van der Waals surface area contributed by atoms with Gasteiger partial charge in [-0.05, 0) is 12.1 Å². The minimum absolute atomic E-state index is 0.141. The monoisotopic (exact) mass is 279 g/mol. The second kappa shape index (κ2) is 6.97. The van der Waals surface area contributed by atoms with E-state index in [9.17, 15) is 0 Å². The summed E-state index contributed by atoms with van der Waals surface area (Å²) >= 11 is 5.83. The van der Waals surface area contributed by atoms with Crippen molar-refractivity contribution in [1.82, 2.24) is 4.98 Å². The molecule has 0 saturated carbocycles. The summed E-state index contributed by atoms with van der Waals surface area (Å²) in [7, 11) is 0. The molecule has 0 bridgehead atoms. The largest absolute Gasteiger partial charge is 0.490 e. The molecule has 0 aliphatic carbocycles. The lowest BCUT2D eigenvalue weighted by atomic mass is 10.3. The smallest absolute Gasteiger partial charge is 0.213 e. The Labute approximate surface area is 116 Å². The van der Waals surface area contributed by atoms with Crippen molar-refractivity contribution < 1.29 is 14.6 Å². The van der Waals surface area contributed by atoms with Gasteiger partial charge in [-0.2, -0.15) is 0 Å². The molecule has 0 radical (unpaired) electrons. The van der Waals surface area contributed by atoms with Crippen LogP contribution in [-0.4, -0.2) is 23.3 Å². The number of hydrogen-bond acceptors (Lipinski definition) is 4. The Hall–Kier alpha value is -1.78. The summed E-state index contributed by atoms with van der Waals surface area (Å²) in [5, 5.41) is 9.50. The zero-order chi connectivity index (χ0) is 13.5. The average molecular weight is 280 g/mol. The van der Waals surface area contributed by atoms with E-state index in [0.717, 1.165) is 5.75 Å². The molecular weight excluding hydrogens is 266 g/mol. The topological polar surface area (TPSA) is 51.6 Å². The van der Waals surface area contributed by atoms with Crippen LogP contribution in [0.3, 0.4) is 0 Å². The Morgan fingerprint density at radius 3 is 2.58 bits per heavy atom. The van der Waals surface area contributed by atoms with Gasteiger partial charge < -0.3 is 14.6 Å². The van der Waals surface area contributed by atoms with Gasteiger partial charge in [0.2, 0.25) is 5.88 Å². The molecule has 2 aromatic rings. The van der Waals surface area contributed by atoms with E-state index in [2.05, 4.69) is 4.98 Å². The molecule has 1 heterocycles. The fourth-order valence-corrected chi connectivity index (χ4v) is 1.64. The molecule has 1 N–H and O–H groups in total. The zero-order valence-corrected chi connectivity index (χ0v) is 11.0. The molecule has 1 aromatic carbocycles. The summed E-state index contributed by atoms with van der Waals surface area (Å²) in [6, 6.07) is 11.1. The molecule has 2 rings (SSSR count). The maximum absolute atomic E-state index is 9.07. The van der Waals surface area contributed by atoms with Gasteiger partial charge in [-0.25, -0.2) is 4.98 Å². The van der Waals surface area contributed by atoms with Gasteiger partial charge in [-0.15, -0.1) is 0 Å². The summed E-state index contributed by atoms with van der Waals surface area (Å²) in [6.07, 6.45) is 1.46. The number of benzene rings is 1. The normalized spacial score (nSPS) is 10.2. The molecule has 0 aliphatic heterocycles. The van der Waals surface area contributed by atoms with E-state index in [1.165, 1.54) is 6.20 Å². The van der Waals surface area contributed by atoms with Crippen LogP contribution in [0.4, 0.5) is 0 Å². The first-order valence-electron chi connectivity index (χ1n) is 5.85. The van der Waals surface area contributed by atoms with Gasteiger partial charge in [0.15, 0.2) is 0 Å². The highest BCUT2D eigenvalue weighted by Crippen LogP contribution is 2.19. The van der Waals surface area contributed by atoms with Crippen molar-refractivity contribution in [1.29, 1.82) is 0 Å². The van der Waals surface area contributed by atoms with Gasteiger partial charge in [0.05, 0.1) is 11.6 Å². The van der Waals surface area contributed by atoms with E-state index in [1.807, 2.05) is 30.3 Å². The number of hydrogen-bond donors (Lipinski definition) is 1. The van der Waals surface area contributed by atoms with Crippen LogP contribution in [0.2, 0.25) is 5.02 Å². The van der Waals surface area contributed by atoms with E-state index >= 15 is 0 Å². The molecular formula is C14H14ClNO3. The highest BCUT2D eigenvalue weighted by Gasteiger charge is 2.03. The molecule has 4 nitrogen and oxygen atoms in total. The number of halogens is 1. The van der Waals surface area contributed by atoms with Gasteiger partial charge in [0, 0.05) is 17.8 Å². The third kappa shape index (κ3) is 4.12. The molecule has 0 spiro atoms. The van der Waals surface area contributed by atoms with Crippen LogP contribution in [0.25, 0.3) is 0 Å². The highest BCUT2D eigenvalue weighted by molar-refractivity contribution is 6.31. The summed E-state index contributed by atoms with van der Waals surface area (Å²) in [6.45, 7) is 0.648. The summed E-state index contributed by atoms with van der Waals surface area (Å²) in [5.74, 6) is 1.22. The fraction of sp³-hybridized carbons (Fsp3) is 0.214. The van der Waals surface area contributed by atoms with Crippen LogP contribution in [0.5, 0.6) is 11.6 Å². The molecule has 100 valence electrons. The lowest BCUT2D eigenvalue weighted by Gasteiger charge is -2.08. The number of nitrogens with zero attached hydrogens (tertiary/aromatic N) is 1. The molecule has 19 heavy (non-hydrogen) atoms. The predicted molar refractivity (Wildman–Crippen MR) is 72.6 cm³/mol. The lowest BCUT2D eigenvalue weighted by Crippen LogP contribution is -2.09. The first-order chi connectivity index (χ1) is 9.29. The standard InChI is InChI=1S/C14H14ClNO3/c15-13-9-16-14(8-11(13)10-17)19-7-6-18-12-4-2-1-3-5-12/h1-5,8-9,17H,6-7,10H2. The molecule has 5 heteroatoms. The maximum Gasteiger partial charge on any atom is 0.213 e. The molecule has 0 fully saturated rings. The van der Waals surface area contributed by atoms with Crippen molar-refractivity contribution in [2.75, 3.05) is 13.2 Å². The molecule has 0 saturated heterocycles. The summed E-state index contributed by atoms with van der Waals surface area (Å²) in [5.41, 5.74) is 0.593. The van der Waals surface area contributed by atoms with E-state index < -0.39 is 0 Å². The van der Waals surface area contributed by atoms with Crippen molar-refractivity contribution in [3.05, 3.63) is 53.2 Å².